The van der Waals surface area contributed by atoms with E-state index in [2.05, 4.69) is 9.12 Å². The van der Waals surface area contributed by atoms with Gasteiger partial charge in [0, 0.05) is 0 Å². The van der Waals surface area contributed by atoms with Crippen molar-refractivity contribution in [3.63, 3.8) is 0 Å². The van der Waals surface area contributed by atoms with Gasteiger partial charge in [0.2, 0.25) is 0 Å². The smallest absolute Gasteiger partial charge is 0.152 e. The molecule has 0 saturated carbocycles. The number of aliphatic hydroxyl groups excluding tert-OH is 1. The second-order valence-corrected chi connectivity index (χ2v) is 1.54. The third-order valence-corrected chi connectivity index (χ3v) is 1.00. The van der Waals surface area contributed by atoms with Crippen LogP contribution < -0.4 is 4.72 Å². The van der Waals surface area contributed by atoms with Gasteiger partial charge in [-0.05, 0) is 0 Å². The minimum atomic E-state index is -0.532. The molecule has 0 bridgehead atoms. The molecule has 6 heavy (non-hydrogen) atoms. The maximum atomic E-state index is 8.45. The quantitative estimate of drug-likeness (QED) is 0.409. The van der Waals surface area contributed by atoms with Crippen LogP contribution in [0.15, 0.2) is 4.40 Å². The maximum Gasteiger partial charge on any atom is 0.152 e. The Bertz CT molecular complexity index is 73.9. The van der Waals surface area contributed by atoms with E-state index in [1.165, 1.54) is 6.21 Å². The second kappa shape index (κ2) is 1.59. The first-order chi connectivity index (χ1) is 2.89. The van der Waals surface area contributed by atoms with Crippen molar-refractivity contribution in [2.24, 2.45) is 4.40 Å². The van der Waals surface area contributed by atoms with Crippen LogP contribution in [0.25, 0.3) is 0 Å². The van der Waals surface area contributed by atoms with Crippen molar-refractivity contribution in [2.75, 3.05) is 0 Å². The van der Waals surface area contributed by atoms with Crippen LogP contribution in [-0.4, -0.2) is 17.5 Å². The predicted molar refractivity (Wildman–Crippen MR) is 25.2 cm³/mol. The molecule has 1 aliphatic rings. The second-order valence-electron chi connectivity index (χ2n) is 0.908. The molecule has 0 aromatic carbocycles. The van der Waals surface area contributed by atoms with Gasteiger partial charge in [0.15, 0.2) is 6.23 Å². The first kappa shape index (κ1) is 4.11. The molecule has 2 N–H and O–H groups in total. The van der Waals surface area contributed by atoms with E-state index in [0.29, 0.717) is 0 Å². The van der Waals surface area contributed by atoms with E-state index in [1.807, 2.05) is 0 Å². The van der Waals surface area contributed by atoms with Gasteiger partial charge in [-0.25, -0.2) is 9.12 Å². The highest BCUT2D eigenvalue weighted by atomic mass is 32.2. The molecular formula is C2H4N2OS. The Morgan fingerprint density at radius 3 is 3.00 bits per heavy atom. The summed E-state index contributed by atoms with van der Waals surface area (Å²) < 4.78 is 6.16. The molecule has 0 spiro atoms. The fraction of sp³-hybridized carbons (Fsp3) is 0.500. The number of hydrogen-bond donors (Lipinski definition) is 2. The van der Waals surface area contributed by atoms with Crippen molar-refractivity contribution in [2.45, 2.75) is 6.23 Å². The molecule has 1 heterocycles. The molecule has 1 unspecified atom stereocenters. The van der Waals surface area contributed by atoms with Crippen LogP contribution in [0, 0.1) is 0 Å². The SMILES string of the molecule is OC1C=NSN1. The lowest BCUT2D eigenvalue weighted by Gasteiger charge is -1.89. The topological polar surface area (TPSA) is 44.6 Å². The van der Waals surface area contributed by atoms with Crippen molar-refractivity contribution in [3.05, 3.63) is 0 Å². The summed E-state index contributed by atoms with van der Waals surface area (Å²) in [5, 5.41) is 8.45. The summed E-state index contributed by atoms with van der Waals surface area (Å²) in [4.78, 5) is 0. The average Bonchev–Trinajstić information content (AvgIpc) is 1.86. The highest BCUT2D eigenvalue weighted by molar-refractivity contribution is 7.96. The van der Waals surface area contributed by atoms with Crippen LogP contribution in [0.3, 0.4) is 0 Å². The monoisotopic (exact) mass is 104 g/mol. The van der Waals surface area contributed by atoms with E-state index < -0.39 is 6.23 Å². The van der Waals surface area contributed by atoms with Crippen molar-refractivity contribution >= 4 is 18.3 Å². The Labute approximate surface area is 39.7 Å². The molecule has 3 nitrogen and oxygen atoms in total. The Morgan fingerprint density at radius 1 is 2.00 bits per heavy atom. The van der Waals surface area contributed by atoms with Gasteiger partial charge in [-0.15, -0.1) is 0 Å². The van der Waals surface area contributed by atoms with Gasteiger partial charge in [0.05, 0.1) is 18.3 Å². The van der Waals surface area contributed by atoms with Gasteiger partial charge in [-0.1, -0.05) is 0 Å². The molecule has 1 atom stereocenters. The molecule has 0 fully saturated rings. The van der Waals surface area contributed by atoms with Crippen molar-refractivity contribution in [1.82, 2.24) is 4.72 Å². The van der Waals surface area contributed by atoms with Crippen LogP contribution in [0.5, 0.6) is 0 Å². The third-order valence-electron chi connectivity index (χ3n) is 0.428. The van der Waals surface area contributed by atoms with E-state index in [4.69, 9.17) is 5.11 Å². The van der Waals surface area contributed by atoms with Crippen LogP contribution in [0.4, 0.5) is 0 Å². The Balaban J connectivity index is 2.38. The lowest BCUT2D eigenvalue weighted by molar-refractivity contribution is 0.243. The van der Waals surface area contributed by atoms with E-state index in [9.17, 15) is 0 Å². The minimum Gasteiger partial charge on any atom is -0.372 e. The summed E-state index contributed by atoms with van der Waals surface area (Å²) in [5.74, 6) is 0. The fourth-order valence-corrected chi connectivity index (χ4v) is 0.609. The summed E-state index contributed by atoms with van der Waals surface area (Å²) in [7, 11) is 0. The highest BCUT2D eigenvalue weighted by Gasteiger charge is 2.01. The largest absolute Gasteiger partial charge is 0.372 e. The molecule has 0 radical (unpaired) electrons. The normalized spacial score (nSPS) is 31.8. The summed E-state index contributed by atoms with van der Waals surface area (Å²) in [6.45, 7) is 0. The number of rotatable bonds is 0. The van der Waals surface area contributed by atoms with Crippen LogP contribution in [0.1, 0.15) is 0 Å². The molecule has 4 heteroatoms. The molecule has 0 aliphatic carbocycles. The number of aliphatic hydroxyl groups is 1. The zero-order chi connectivity index (χ0) is 4.41. The van der Waals surface area contributed by atoms with E-state index >= 15 is 0 Å². The van der Waals surface area contributed by atoms with E-state index in [1.54, 1.807) is 0 Å². The lowest BCUT2D eigenvalue weighted by Crippen LogP contribution is -2.17. The minimum absolute atomic E-state index is 0.532. The lowest BCUT2D eigenvalue weighted by atomic mass is 10.7. The summed E-state index contributed by atoms with van der Waals surface area (Å²) in [6.07, 6.45) is 0.903. The zero-order valence-corrected chi connectivity index (χ0v) is 3.77. The Hall–Kier alpha value is -0.0600. The predicted octanol–water partition coefficient (Wildman–Crippen LogP) is -0.458. The first-order valence-corrected chi connectivity index (χ1v) is 2.30. The standard InChI is InChI=1S/C2H4N2OS/c5-2-1-3-6-4-2/h1-2,4-5H. The van der Waals surface area contributed by atoms with Gasteiger partial charge >= 0.3 is 0 Å². The zero-order valence-electron chi connectivity index (χ0n) is 2.96. The number of hydrogen-bond acceptors (Lipinski definition) is 4. The molecule has 0 saturated heterocycles. The summed E-state index contributed by atoms with van der Waals surface area (Å²) in [5.41, 5.74) is 0. The van der Waals surface area contributed by atoms with Crippen LogP contribution in [0.2, 0.25) is 0 Å². The van der Waals surface area contributed by atoms with Gasteiger partial charge < -0.3 is 5.11 Å². The molecule has 1 aliphatic heterocycles. The van der Waals surface area contributed by atoms with Gasteiger partial charge in [-0.2, -0.15) is 0 Å². The van der Waals surface area contributed by atoms with Gasteiger partial charge in [0.25, 0.3) is 0 Å². The maximum absolute atomic E-state index is 8.45. The molecule has 1 rings (SSSR count). The van der Waals surface area contributed by atoms with Crippen molar-refractivity contribution < 1.29 is 5.11 Å². The molecule has 0 amide bonds. The van der Waals surface area contributed by atoms with Crippen molar-refractivity contribution in [1.29, 1.82) is 0 Å². The third kappa shape index (κ3) is 0.707. The van der Waals surface area contributed by atoms with E-state index in [-0.39, 0.29) is 0 Å². The number of nitrogens with zero attached hydrogens (tertiary/aromatic N) is 1. The fourth-order valence-electron chi connectivity index (χ4n) is 0.203. The van der Waals surface area contributed by atoms with Gasteiger partial charge in [0.1, 0.15) is 0 Å². The molecule has 34 valence electrons. The summed E-state index contributed by atoms with van der Waals surface area (Å²) in [6, 6.07) is 0. The summed E-state index contributed by atoms with van der Waals surface area (Å²) >= 11 is 1.15. The molecular weight excluding hydrogens is 100 g/mol. The first-order valence-electron chi connectivity index (χ1n) is 1.53. The molecule has 0 aromatic heterocycles. The van der Waals surface area contributed by atoms with Crippen LogP contribution in [-0.2, 0) is 0 Å². The number of nitrogens with one attached hydrogen (secondary N) is 1. The average molecular weight is 104 g/mol. The van der Waals surface area contributed by atoms with Crippen LogP contribution >= 0.6 is 12.1 Å². The van der Waals surface area contributed by atoms with Crippen molar-refractivity contribution in [3.8, 4) is 0 Å². The van der Waals surface area contributed by atoms with Gasteiger partial charge in [-0.3, -0.25) is 0 Å². The van der Waals surface area contributed by atoms with E-state index in [0.717, 1.165) is 12.1 Å². The Morgan fingerprint density at radius 2 is 2.83 bits per heavy atom. The molecule has 0 aromatic rings. The highest BCUT2D eigenvalue weighted by Crippen LogP contribution is 2.00. The Kier molecular flexibility index (Phi) is 1.09.